The number of hydrogen-bond donors (Lipinski definition) is 1. The van der Waals surface area contributed by atoms with Gasteiger partial charge in [0.25, 0.3) is 5.69 Å². The molecule has 2 aromatic rings. The van der Waals surface area contributed by atoms with Crippen molar-refractivity contribution in [3.8, 4) is 6.07 Å². The average molecular weight is 268 g/mol. The fourth-order valence-corrected chi connectivity index (χ4v) is 1.76. The molecule has 6 heteroatoms. The summed E-state index contributed by atoms with van der Waals surface area (Å²) in [6.07, 6.45) is 2.20. The van der Waals surface area contributed by atoms with Gasteiger partial charge in [0.05, 0.1) is 16.6 Å². The molecule has 0 radical (unpaired) electrons. The second kappa shape index (κ2) is 6.29. The van der Waals surface area contributed by atoms with E-state index >= 15 is 0 Å². The summed E-state index contributed by atoms with van der Waals surface area (Å²) in [4.78, 5) is 14.4. The van der Waals surface area contributed by atoms with Gasteiger partial charge in [0.15, 0.2) is 0 Å². The van der Waals surface area contributed by atoms with Crippen molar-refractivity contribution < 1.29 is 4.92 Å². The molecule has 2 rings (SSSR count). The monoisotopic (exact) mass is 268 g/mol. The Hall–Kier alpha value is -2.94. The fourth-order valence-electron chi connectivity index (χ4n) is 1.76. The van der Waals surface area contributed by atoms with E-state index in [1.54, 1.807) is 30.5 Å². The van der Waals surface area contributed by atoms with Crippen LogP contribution in [0.2, 0.25) is 0 Å². The van der Waals surface area contributed by atoms with Crippen molar-refractivity contribution in [2.75, 3.05) is 11.9 Å². The molecule has 0 amide bonds. The first-order valence-electron chi connectivity index (χ1n) is 6.02. The van der Waals surface area contributed by atoms with E-state index in [4.69, 9.17) is 5.26 Å². The minimum atomic E-state index is -0.408. The molecule has 0 aliphatic rings. The van der Waals surface area contributed by atoms with Gasteiger partial charge < -0.3 is 5.32 Å². The van der Waals surface area contributed by atoms with Gasteiger partial charge in [0.1, 0.15) is 5.82 Å². The van der Waals surface area contributed by atoms with Crippen molar-refractivity contribution in [3.63, 3.8) is 0 Å². The number of aromatic nitrogens is 1. The number of nitrogens with zero attached hydrogens (tertiary/aromatic N) is 3. The van der Waals surface area contributed by atoms with Gasteiger partial charge in [-0.2, -0.15) is 5.26 Å². The summed E-state index contributed by atoms with van der Waals surface area (Å²) >= 11 is 0. The largest absolute Gasteiger partial charge is 0.370 e. The van der Waals surface area contributed by atoms with Crippen molar-refractivity contribution in [1.29, 1.82) is 5.26 Å². The third-order valence-corrected chi connectivity index (χ3v) is 2.73. The second-order valence-corrected chi connectivity index (χ2v) is 4.15. The molecule has 0 bridgehead atoms. The minimum Gasteiger partial charge on any atom is -0.370 e. The molecule has 1 N–H and O–H groups in total. The lowest BCUT2D eigenvalue weighted by Gasteiger charge is -2.05. The minimum absolute atomic E-state index is 0.0899. The fraction of sp³-hybridized carbons (Fsp3) is 0.143. The summed E-state index contributed by atoms with van der Waals surface area (Å²) in [7, 11) is 0. The predicted octanol–water partition coefficient (Wildman–Crippen LogP) is 2.52. The molecule has 0 saturated carbocycles. The van der Waals surface area contributed by atoms with Gasteiger partial charge in [0.2, 0.25) is 0 Å². The summed E-state index contributed by atoms with van der Waals surface area (Å²) in [5.41, 5.74) is 1.51. The smallest absolute Gasteiger partial charge is 0.269 e. The molecule has 1 heterocycles. The Balaban J connectivity index is 1.94. The molecule has 0 aliphatic heterocycles. The first-order valence-corrected chi connectivity index (χ1v) is 6.02. The van der Waals surface area contributed by atoms with Crippen molar-refractivity contribution >= 4 is 11.5 Å². The summed E-state index contributed by atoms with van der Waals surface area (Å²) in [6, 6.07) is 11.9. The molecule has 6 nitrogen and oxygen atoms in total. The Morgan fingerprint density at radius 2 is 2.20 bits per heavy atom. The highest BCUT2D eigenvalue weighted by molar-refractivity contribution is 5.42. The van der Waals surface area contributed by atoms with Crippen LogP contribution in [0.5, 0.6) is 0 Å². The third-order valence-electron chi connectivity index (χ3n) is 2.73. The van der Waals surface area contributed by atoms with Crippen LogP contribution in [0, 0.1) is 21.4 Å². The van der Waals surface area contributed by atoms with E-state index in [1.807, 2.05) is 12.1 Å². The van der Waals surface area contributed by atoms with Crippen LogP contribution < -0.4 is 5.32 Å². The molecular formula is C14H12N4O2. The van der Waals surface area contributed by atoms with Gasteiger partial charge >= 0.3 is 0 Å². The summed E-state index contributed by atoms with van der Waals surface area (Å²) in [6.45, 7) is 0.586. The average Bonchev–Trinajstić information content (AvgIpc) is 2.48. The topological polar surface area (TPSA) is 91.8 Å². The molecular weight excluding hydrogens is 256 g/mol. The van der Waals surface area contributed by atoms with Crippen LogP contribution in [0.4, 0.5) is 11.5 Å². The van der Waals surface area contributed by atoms with Gasteiger partial charge in [-0.1, -0.05) is 12.1 Å². The highest BCUT2D eigenvalue weighted by Crippen LogP contribution is 2.13. The van der Waals surface area contributed by atoms with E-state index in [1.165, 1.54) is 6.07 Å². The van der Waals surface area contributed by atoms with Crippen LogP contribution in [0.1, 0.15) is 11.1 Å². The number of nitro benzene ring substituents is 1. The number of nitro groups is 1. The first kappa shape index (κ1) is 13.5. The molecule has 0 fully saturated rings. The van der Waals surface area contributed by atoms with Gasteiger partial charge in [-0.05, 0) is 24.1 Å². The van der Waals surface area contributed by atoms with E-state index in [0.29, 0.717) is 24.3 Å². The summed E-state index contributed by atoms with van der Waals surface area (Å²) in [5, 5.41) is 22.5. The normalized spacial score (nSPS) is 9.75. The Morgan fingerprint density at radius 3 is 2.95 bits per heavy atom. The van der Waals surface area contributed by atoms with Crippen molar-refractivity contribution in [3.05, 3.63) is 63.8 Å². The van der Waals surface area contributed by atoms with E-state index in [-0.39, 0.29) is 5.69 Å². The van der Waals surface area contributed by atoms with Crippen LogP contribution in [-0.4, -0.2) is 16.5 Å². The SMILES string of the molecule is N#Cc1ccnc(NCCc2cccc([N+](=O)[O-])c2)c1. The maximum Gasteiger partial charge on any atom is 0.269 e. The number of rotatable bonds is 5. The van der Waals surface area contributed by atoms with Gasteiger partial charge in [-0.25, -0.2) is 4.98 Å². The highest BCUT2D eigenvalue weighted by Gasteiger charge is 2.05. The summed E-state index contributed by atoms with van der Waals surface area (Å²) < 4.78 is 0. The second-order valence-electron chi connectivity index (χ2n) is 4.15. The standard InChI is InChI=1S/C14H12N4O2/c15-10-12-5-7-17-14(9-12)16-6-4-11-2-1-3-13(8-11)18(19)20/h1-3,5,7-9H,4,6H2,(H,16,17). The molecule has 1 aromatic heterocycles. The molecule has 0 aliphatic carbocycles. The molecule has 0 atom stereocenters. The van der Waals surface area contributed by atoms with Crippen LogP contribution in [-0.2, 0) is 6.42 Å². The van der Waals surface area contributed by atoms with Crippen molar-refractivity contribution in [2.45, 2.75) is 6.42 Å². The number of nitrogens with one attached hydrogen (secondary N) is 1. The van der Waals surface area contributed by atoms with E-state index in [0.717, 1.165) is 5.56 Å². The van der Waals surface area contributed by atoms with E-state index < -0.39 is 4.92 Å². The van der Waals surface area contributed by atoms with Crippen molar-refractivity contribution in [1.82, 2.24) is 4.98 Å². The number of anilines is 1. The Labute approximate surface area is 115 Å². The van der Waals surface area contributed by atoms with Crippen LogP contribution in [0.15, 0.2) is 42.6 Å². The van der Waals surface area contributed by atoms with Crippen LogP contribution in [0.25, 0.3) is 0 Å². The molecule has 100 valence electrons. The van der Waals surface area contributed by atoms with E-state index in [2.05, 4.69) is 10.3 Å². The lowest BCUT2D eigenvalue weighted by Crippen LogP contribution is -2.06. The number of pyridine rings is 1. The Kier molecular flexibility index (Phi) is 4.24. The predicted molar refractivity (Wildman–Crippen MR) is 74.2 cm³/mol. The van der Waals surface area contributed by atoms with Gasteiger partial charge in [0, 0.05) is 24.9 Å². The van der Waals surface area contributed by atoms with Crippen LogP contribution in [0.3, 0.4) is 0 Å². The van der Waals surface area contributed by atoms with E-state index in [9.17, 15) is 10.1 Å². The number of benzene rings is 1. The Bertz CT molecular complexity index is 664. The van der Waals surface area contributed by atoms with Gasteiger partial charge in [-0.15, -0.1) is 0 Å². The third kappa shape index (κ3) is 3.53. The van der Waals surface area contributed by atoms with Crippen LogP contribution >= 0.6 is 0 Å². The molecule has 0 saturated heterocycles. The molecule has 0 spiro atoms. The first-order chi connectivity index (χ1) is 9.69. The number of non-ortho nitro benzene ring substituents is 1. The molecule has 1 aromatic carbocycles. The zero-order chi connectivity index (χ0) is 14.4. The maximum absolute atomic E-state index is 10.7. The van der Waals surface area contributed by atoms with Crippen molar-refractivity contribution in [2.24, 2.45) is 0 Å². The van der Waals surface area contributed by atoms with Gasteiger partial charge in [-0.3, -0.25) is 10.1 Å². The quantitative estimate of drug-likeness (QED) is 0.664. The highest BCUT2D eigenvalue weighted by atomic mass is 16.6. The molecule has 0 unspecified atom stereocenters. The molecule has 20 heavy (non-hydrogen) atoms. The zero-order valence-corrected chi connectivity index (χ0v) is 10.6. The zero-order valence-electron chi connectivity index (χ0n) is 10.6. The number of hydrogen-bond acceptors (Lipinski definition) is 5. The lowest BCUT2D eigenvalue weighted by molar-refractivity contribution is -0.384. The lowest BCUT2D eigenvalue weighted by atomic mass is 10.1. The summed E-state index contributed by atoms with van der Waals surface area (Å²) in [5.74, 6) is 0.620. The Morgan fingerprint density at radius 1 is 1.35 bits per heavy atom. The number of nitriles is 1. The maximum atomic E-state index is 10.7.